The molecular weight excluding hydrogens is 292 g/mol. The molecule has 1 amide bonds. The largest absolute Gasteiger partial charge is 0.493 e. The number of amides is 1. The number of pyridine rings is 1. The van der Waals surface area contributed by atoms with E-state index in [-0.39, 0.29) is 5.91 Å². The number of carbonyl (C=O) groups is 1. The summed E-state index contributed by atoms with van der Waals surface area (Å²) in [6, 6.07) is 9.11. The fourth-order valence-corrected chi connectivity index (χ4v) is 1.83. The zero-order chi connectivity index (χ0) is 16.9. The first kappa shape index (κ1) is 16.8. The maximum atomic E-state index is 12.1. The molecule has 0 radical (unpaired) electrons. The Morgan fingerprint density at radius 2 is 1.83 bits per heavy atom. The summed E-state index contributed by atoms with van der Waals surface area (Å²) in [4.78, 5) is 16.1. The average molecular weight is 314 g/mol. The summed E-state index contributed by atoms with van der Waals surface area (Å²) in [6.45, 7) is 6.00. The summed E-state index contributed by atoms with van der Waals surface area (Å²) in [6.07, 6.45) is 3.44. The van der Waals surface area contributed by atoms with Crippen molar-refractivity contribution in [2.24, 2.45) is 5.41 Å². The van der Waals surface area contributed by atoms with Crippen LogP contribution in [0.25, 0.3) is 0 Å². The monoisotopic (exact) mass is 314 g/mol. The third-order valence-corrected chi connectivity index (χ3v) is 3.25. The fourth-order valence-electron chi connectivity index (χ4n) is 1.83. The maximum absolute atomic E-state index is 12.1. The smallest absolute Gasteiger partial charge is 0.229 e. The SMILES string of the molecule is COc1ccc(NC(=O)C(C)(C)C)cc1OCc1ccncc1. The van der Waals surface area contributed by atoms with E-state index < -0.39 is 5.41 Å². The van der Waals surface area contributed by atoms with E-state index in [1.807, 2.05) is 32.9 Å². The average Bonchev–Trinajstić information content (AvgIpc) is 2.53. The molecule has 0 aliphatic rings. The van der Waals surface area contributed by atoms with Gasteiger partial charge in [-0.15, -0.1) is 0 Å². The van der Waals surface area contributed by atoms with Crippen molar-refractivity contribution < 1.29 is 14.3 Å². The Morgan fingerprint density at radius 1 is 1.13 bits per heavy atom. The number of benzene rings is 1. The van der Waals surface area contributed by atoms with Gasteiger partial charge in [-0.2, -0.15) is 0 Å². The van der Waals surface area contributed by atoms with Crippen LogP contribution in [0.1, 0.15) is 26.3 Å². The highest BCUT2D eigenvalue weighted by molar-refractivity contribution is 5.94. The lowest BCUT2D eigenvalue weighted by molar-refractivity contribution is -0.123. The van der Waals surface area contributed by atoms with Crippen molar-refractivity contribution in [2.45, 2.75) is 27.4 Å². The van der Waals surface area contributed by atoms with Crippen LogP contribution in [0.5, 0.6) is 11.5 Å². The minimum atomic E-state index is -0.460. The van der Waals surface area contributed by atoms with Gasteiger partial charge in [0.2, 0.25) is 5.91 Å². The number of carbonyl (C=O) groups excluding carboxylic acids is 1. The van der Waals surface area contributed by atoms with Crippen molar-refractivity contribution in [1.82, 2.24) is 4.98 Å². The van der Waals surface area contributed by atoms with Gasteiger partial charge < -0.3 is 14.8 Å². The van der Waals surface area contributed by atoms with Crippen LogP contribution in [0.15, 0.2) is 42.7 Å². The Hall–Kier alpha value is -2.56. The van der Waals surface area contributed by atoms with Crippen LogP contribution in [0, 0.1) is 5.41 Å². The van der Waals surface area contributed by atoms with Crippen LogP contribution in [0.2, 0.25) is 0 Å². The molecule has 23 heavy (non-hydrogen) atoms. The van der Waals surface area contributed by atoms with Crippen LogP contribution in [-0.4, -0.2) is 18.0 Å². The summed E-state index contributed by atoms with van der Waals surface area (Å²) in [5.74, 6) is 1.14. The Labute approximate surface area is 136 Å². The number of methoxy groups -OCH3 is 1. The molecule has 1 aromatic carbocycles. The Morgan fingerprint density at radius 3 is 2.43 bits per heavy atom. The highest BCUT2D eigenvalue weighted by atomic mass is 16.5. The van der Waals surface area contributed by atoms with Gasteiger partial charge in [0, 0.05) is 29.6 Å². The Balaban J connectivity index is 2.14. The number of nitrogens with one attached hydrogen (secondary N) is 1. The first-order valence-electron chi connectivity index (χ1n) is 7.41. The van der Waals surface area contributed by atoms with E-state index in [1.165, 1.54) is 0 Å². The number of aromatic nitrogens is 1. The lowest BCUT2D eigenvalue weighted by atomic mass is 9.95. The lowest BCUT2D eigenvalue weighted by Crippen LogP contribution is -2.27. The molecule has 0 saturated heterocycles. The molecular formula is C18H22N2O3. The summed E-state index contributed by atoms with van der Waals surface area (Å²) in [5, 5.41) is 2.89. The molecule has 5 nitrogen and oxygen atoms in total. The molecule has 1 N–H and O–H groups in total. The lowest BCUT2D eigenvalue weighted by Gasteiger charge is -2.18. The van der Waals surface area contributed by atoms with Gasteiger partial charge in [-0.1, -0.05) is 20.8 Å². The van der Waals surface area contributed by atoms with Crippen molar-refractivity contribution in [3.8, 4) is 11.5 Å². The number of nitrogens with zero attached hydrogens (tertiary/aromatic N) is 1. The Kier molecular flexibility index (Phi) is 5.21. The van der Waals surface area contributed by atoms with E-state index in [9.17, 15) is 4.79 Å². The molecule has 0 bridgehead atoms. The molecule has 5 heteroatoms. The van der Waals surface area contributed by atoms with Gasteiger partial charge >= 0.3 is 0 Å². The number of anilines is 1. The quantitative estimate of drug-likeness (QED) is 0.915. The van der Waals surface area contributed by atoms with Crippen molar-refractivity contribution in [3.05, 3.63) is 48.3 Å². The molecule has 0 atom stereocenters. The predicted octanol–water partition coefficient (Wildman–Crippen LogP) is 3.65. The second-order valence-electron chi connectivity index (χ2n) is 6.21. The molecule has 2 aromatic rings. The van der Waals surface area contributed by atoms with Gasteiger partial charge in [0.15, 0.2) is 11.5 Å². The second kappa shape index (κ2) is 7.13. The van der Waals surface area contributed by atoms with Gasteiger partial charge in [-0.25, -0.2) is 0 Å². The van der Waals surface area contributed by atoms with Gasteiger partial charge in [-0.05, 0) is 29.8 Å². The van der Waals surface area contributed by atoms with E-state index in [1.54, 1.807) is 37.7 Å². The van der Waals surface area contributed by atoms with Crippen molar-refractivity contribution in [1.29, 1.82) is 0 Å². The van der Waals surface area contributed by atoms with E-state index in [0.29, 0.717) is 23.8 Å². The third kappa shape index (κ3) is 4.71. The molecule has 1 aromatic heterocycles. The first-order valence-corrected chi connectivity index (χ1v) is 7.41. The molecule has 0 fully saturated rings. The Bertz CT molecular complexity index is 664. The minimum Gasteiger partial charge on any atom is -0.493 e. The number of hydrogen-bond acceptors (Lipinski definition) is 4. The summed E-state index contributed by atoms with van der Waals surface area (Å²) in [7, 11) is 1.59. The number of ether oxygens (including phenoxy) is 2. The summed E-state index contributed by atoms with van der Waals surface area (Å²) in [5.41, 5.74) is 1.22. The zero-order valence-corrected chi connectivity index (χ0v) is 13.9. The summed E-state index contributed by atoms with van der Waals surface area (Å²) >= 11 is 0. The molecule has 1 heterocycles. The standard InChI is InChI=1S/C18H22N2O3/c1-18(2,3)17(21)20-14-5-6-15(22-4)16(11-14)23-12-13-7-9-19-10-8-13/h5-11H,12H2,1-4H3,(H,20,21). The highest BCUT2D eigenvalue weighted by Crippen LogP contribution is 2.31. The fraction of sp³-hybridized carbons (Fsp3) is 0.333. The second-order valence-corrected chi connectivity index (χ2v) is 6.21. The molecule has 122 valence electrons. The van der Waals surface area contributed by atoms with Crippen LogP contribution in [-0.2, 0) is 11.4 Å². The van der Waals surface area contributed by atoms with Crippen LogP contribution in [0.3, 0.4) is 0 Å². The maximum Gasteiger partial charge on any atom is 0.229 e. The molecule has 0 aliphatic heterocycles. The minimum absolute atomic E-state index is 0.0530. The van der Waals surface area contributed by atoms with Crippen molar-refractivity contribution >= 4 is 11.6 Å². The third-order valence-electron chi connectivity index (χ3n) is 3.25. The highest BCUT2D eigenvalue weighted by Gasteiger charge is 2.21. The van der Waals surface area contributed by atoms with Crippen LogP contribution >= 0.6 is 0 Å². The molecule has 0 aliphatic carbocycles. The molecule has 0 saturated carbocycles. The van der Waals surface area contributed by atoms with Gasteiger partial charge in [0.1, 0.15) is 6.61 Å². The van der Waals surface area contributed by atoms with Gasteiger partial charge in [0.25, 0.3) is 0 Å². The van der Waals surface area contributed by atoms with E-state index >= 15 is 0 Å². The molecule has 0 unspecified atom stereocenters. The molecule has 0 spiro atoms. The van der Waals surface area contributed by atoms with E-state index in [0.717, 1.165) is 5.56 Å². The topological polar surface area (TPSA) is 60.5 Å². The number of rotatable bonds is 5. The van der Waals surface area contributed by atoms with Gasteiger partial charge in [-0.3, -0.25) is 9.78 Å². The normalized spacial score (nSPS) is 11.0. The van der Waals surface area contributed by atoms with E-state index in [2.05, 4.69) is 10.3 Å². The van der Waals surface area contributed by atoms with Crippen molar-refractivity contribution in [2.75, 3.05) is 12.4 Å². The number of hydrogen-bond donors (Lipinski definition) is 1. The predicted molar refractivity (Wildman–Crippen MR) is 89.6 cm³/mol. The first-order chi connectivity index (χ1) is 10.9. The van der Waals surface area contributed by atoms with Gasteiger partial charge in [0.05, 0.1) is 7.11 Å². The zero-order valence-electron chi connectivity index (χ0n) is 13.9. The summed E-state index contributed by atoms with van der Waals surface area (Å²) < 4.78 is 11.1. The van der Waals surface area contributed by atoms with Crippen LogP contribution in [0.4, 0.5) is 5.69 Å². The van der Waals surface area contributed by atoms with E-state index in [4.69, 9.17) is 9.47 Å². The molecule has 2 rings (SSSR count). The van der Waals surface area contributed by atoms with Crippen LogP contribution < -0.4 is 14.8 Å². The van der Waals surface area contributed by atoms with Crippen molar-refractivity contribution in [3.63, 3.8) is 0 Å².